The number of ether oxygens (including phenoxy) is 1. The third-order valence-electron chi connectivity index (χ3n) is 1.71. The summed E-state index contributed by atoms with van der Waals surface area (Å²) in [6.45, 7) is 2.48. The van der Waals surface area contributed by atoms with Crippen molar-refractivity contribution in [2.24, 2.45) is 0 Å². The number of thiol groups is 1. The van der Waals surface area contributed by atoms with Crippen molar-refractivity contribution in [2.45, 2.75) is 24.5 Å². The summed E-state index contributed by atoms with van der Waals surface area (Å²) in [7, 11) is 0. The Balaban J connectivity index is 2.67. The van der Waals surface area contributed by atoms with Crippen LogP contribution >= 0.6 is 12.6 Å². The van der Waals surface area contributed by atoms with Gasteiger partial charge in [0.1, 0.15) is 4.75 Å². The molecular formula is C6H10O2S. The van der Waals surface area contributed by atoms with Crippen molar-refractivity contribution in [3.63, 3.8) is 0 Å². The molecule has 1 aliphatic heterocycles. The first kappa shape index (κ1) is 6.93. The summed E-state index contributed by atoms with van der Waals surface area (Å²) in [5.74, 6) is -0.159. The quantitative estimate of drug-likeness (QED) is 0.441. The molecule has 0 bridgehead atoms. The van der Waals surface area contributed by atoms with Crippen LogP contribution in [-0.4, -0.2) is 17.3 Å². The molecule has 0 aliphatic carbocycles. The number of hydrogen-bond donors (Lipinski definition) is 1. The fraction of sp³-hybridized carbons (Fsp3) is 0.833. The largest absolute Gasteiger partial charge is 0.465 e. The van der Waals surface area contributed by atoms with E-state index in [9.17, 15) is 4.79 Å². The number of carbonyl (C=O) groups excluding carboxylic acids is 1. The summed E-state index contributed by atoms with van der Waals surface area (Å²) in [5, 5.41) is 0. The van der Waals surface area contributed by atoms with E-state index in [1.54, 1.807) is 0 Å². The molecule has 1 atom stereocenters. The van der Waals surface area contributed by atoms with E-state index in [0.29, 0.717) is 6.61 Å². The van der Waals surface area contributed by atoms with Gasteiger partial charge in [-0.1, -0.05) is 6.92 Å². The zero-order valence-electron chi connectivity index (χ0n) is 5.39. The first-order valence-corrected chi connectivity index (χ1v) is 3.53. The van der Waals surface area contributed by atoms with E-state index in [1.807, 2.05) is 6.92 Å². The van der Waals surface area contributed by atoms with E-state index in [4.69, 9.17) is 4.74 Å². The molecule has 3 heteroatoms. The van der Waals surface area contributed by atoms with E-state index in [2.05, 4.69) is 12.6 Å². The minimum Gasteiger partial charge on any atom is -0.465 e. The minimum absolute atomic E-state index is 0.159. The van der Waals surface area contributed by atoms with Crippen LogP contribution in [0.2, 0.25) is 0 Å². The highest BCUT2D eigenvalue weighted by atomic mass is 32.1. The SMILES string of the molecule is CCC1(S)CCOC1=O. The molecule has 1 fully saturated rings. The topological polar surface area (TPSA) is 26.3 Å². The summed E-state index contributed by atoms with van der Waals surface area (Å²) >= 11 is 4.20. The van der Waals surface area contributed by atoms with Crippen LogP contribution < -0.4 is 0 Å². The Morgan fingerprint density at radius 2 is 2.56 bits per heavy atom. The van der Waals surface area contributed by atoms with Gasteiger partial charge in [0.25, 0.3) is 0 Å². The zero-order valence-corrected chi connectivity index (χ0v) is 6.28. The van der Waals surface area contributed by atoms with Crippen molar-refractivity contribution < 1.29 is 9.53 Å². The van der Waals surface area contributed by atoms with Gasteiger partial charge in [-0.15, -0.1) is 0 Å². The zero-order chi connectivity index (χ0) is 6.91. The highest BCUT2D eigenvalue weighted by Gasteiger charge is 2.39. The van der Waals surface area contributed by atoms with Gasteiger partial charge in [-0.05, 0) is 6.42 Å². The molecule has 0 aromatic carbocycles. The molecule has 1 heterocycles. The van der Waals surface area contributed by atoms with Crippen LogP contribution in [0.3, 0.4) is 0 Å². The van der Waals surface area contributed by atoms with Crippen LogP contribution in [0.15, 0.2) is 0 Å². The lowest BCUT2D eigenvalue weighted by atomic mass is 10.1. The summed E-state index contributed by atoms with van der Waals surface area (Å²) in [6, 6.07) is 0. The van der Waals surface area contributed by atoms with Crippen molar-refractivity contribution in [3.8, 4) is 0 Å². The molecule has 1 rings (SSSR count). The van der Waals surface area contributed by atoms with Gasteiger partial charge in [0.05, 0.1) is 6.61 Å². The summed E-state index contributed by atoms with van der Waals surface area (Å²) in [5.41, 5.74) is 0. The lowest BCUT2D eigenvalue weighted by Crippen LogP contribution is -2.25. The Morgan fingerprint density at radius 1 is 1.89 bits per heavy atom. The number of esters is 1. The number of carbonyl (C=O) groups is 1. The Bertz CT molecular complexity index is 135. The lowest BCUT2D eigenvalue weighted by Gasteiger charge is -2.13. The van der Waals surface area contributed by atoms with Gasteiger partial charge in [0.15, 0.2) is 0 Å². The molecular weight excluding hydrogens is 136 g/mol. The van der Waals surface area contributed by atoms with E-state index < -0.39 is 4.75 Å². The molecule has 2 nitrogen and oxygen atoms in total. The van der Waals surface area contributed by atoms with Gasteiger partial charge in [0, 0.05) is 6.42 Å². The van der Waals surface area contributed by atoms with Gasteiger partial charge in [-0.2, -0.15) is 12.6 Å². The fourth-order valence-corrected chi connectivity index (χ4v) is 1.03. The second-order valence-corrected chi connectivity index (χ2v) is 3.13. The molecule has 0 saturated carbocycles. The molecule has 0 aromatic heterocycles. The summed E-state index contributed by atoms with van der Waals surface area (Å²) in [4.78, 5) is 10.8. The van der Waals surface area contributed by atoms with Crippen LogP contribution in [0.25, 0.3) is 0 Å². The molecule has 1 unspecified atom stereocenters. The normalized spacial score (nSPS) is 34.7. The molecule has 1 saturated heterocycles. The van der Waals surface area contributed by atoms with Crippen molar-refractivity contribution in [1.29, 1.82) is 0 Å². The first-order valence-electron chi connectivity index (χ1n) is 3.08. The van der Waals surface area contributed by atoms with Crippen LogP contribution in [0.5, 0.6) is 0 Å². The Labute approximate surface area is 60.0 Å². The van der Waals surface area contributed by atoms with Crippen molar-refractivity contribution >= 4 is 18.6 Å². The molecule has 0 N–H and O–H groups in total. The number of rotatable bonds is 1. The second-order valence-electron chi connectivity index (χ2n) is 2.27. The third-order valence-corrected chi connectivity index (χ3v) is 2.44. The van der Waals surface area contributed by atoms with Gasteiger partial charge in [-0.3, -0.25) is 4.79 Å². The monoisotopic (exact) mass is 146 g/mol. The molecule has 52 valence electrons. The van der Waals surface area contributed by atoms with E-state index >= 15 is 0 Å². The Kier molecular flexibility index (Phi) is 1.70. The Morgan fingerprint density at radius 3 is 2.78 bits per heavy atom. The smallest absolute Gasteiger partial charge is 0.322 e. The third kappa shape index (κ3) is 1.06. The first-order chi connectivity index (χ1) is 4.19. The van der Waals surface area contributed by atoms with Crippen LogP contribution in [0.1, 0.15) is 19.8 Å². The fourth-order valence-electron chi connectivity index (χ4n) is 0.870. The van der Waals surface area contributed by atoms with Crippen LogP contribution in [-0.2, 0) is 9.53 Å². The minimum atomic E-state index is -0.472. The predicted molar refractivity (Wildman–Crippen MR) is 37.6 cm³/mol. The lowest BCUT2D eigenvalue weighted by molar-refractivity contribution is -0.139. The van der Waals surface area contributed by atoms with Gasteiger partial charge in [0.2, 0.25) is 0 Å². The summed E-state index contributed by atoms with van der Waals surface area (Å²) in [6.07, 6.45) is 1.51. The van der Waals surface area contributed by atoms with Crippen LogP contribution in [0, 0.1) is 0 Å². The van der Waals surface area contributed by atoms with E-state index in [0.717, 1.165) is 12.8 Å². The van der Waals surface area contributed by atoms with E-state index in [-0.39, 0.29) is 5.97 Å². The van der Waals surface area contributed by atoms with Crippen molar-refractivity contribution in [2.75, 3.05) is 6.61 Å². The van der Waals surface area contributed by atoms with Gasteiger partial charge >= 0.3 is 5.97 Å². The molecule has 0 radical (unpaired) electrons. The molecule has 9 heavy (non-hydrogen) atoms. The number of hydrogen-bond acceptors (Lipinski definition) is 3. The Hall–Kier alpha value is -0.180. The molecule has 0 amide bonds. The highest BCUT2D eigenvalue weighted by Crippen LogP contribution is 2.29. The average Bonchev–Trinajstić information content (AvgIpc) is 2.15. The van der Waals surface area contributed by atoms with Crippen molar-refractivity contribution in [1.82, 2.24) is 0 Å². The maximum atomic E-state index is 10.8. The second kappa shape index (κ2) is 2.21. The average molecular weight is 146 g/mol. The highest BCUT2D eigenvalue weighted by molar-refractivity contribution is 7.82. The van der Waals surface area contributed by atoms with Crippen LogP contribution in [0.4, 0.5) is 0 Å². The van der Waals surface area contributed by atoms with Gasteiger partial charge < -0.3 is 4.74 Å². The van der Waals surface area contributed by atoms with Gasteiger partial charge in [-0.25, -0.2) is 0 Å². The maximum absolute atomic E-state index is 10.8. The van der Waals surface area contributed by atoms with Crippen molar-refractivity contribution in [3.05, 3.63) is 0 Å². The molecule has 1 aliphatic rings. The maximum Gasteiger partial charge on any atom is 0.322 e. The molecule has 0 aromatic rings. The molecule has 0 spiro atoms. The summed E-state index contributed by atoms with van der Waals surface area (Å²) < 4.78 is 4.27. The number of cyclic esters (lactones) is 1. The van der Waals surface area contributed by atoms with E-state index in [1.165, 1.54) is 0 Å². The standard InChI is InChI=1S/C6H10O2S/c1-2-6(9)3-4-8-5(6)7/h9H,2-4H2,1H3. The predicted octanol–water partition coefficient (Wildman–Crippen LogP) is 1.01.